The lowest BCUT2D eigenvalue weighted by Crippen LogP contribution is -2.31. The van der Waals surface area contributed by atoms with Gasteiger partial charge in [0.2, 0.25) is 5.89 Å². The Morgan fingerprint density at radius 3 is 3.13 bits per heavy atom. The van der Waals surface area contributed by atoms with Gasteiger partial charge in [0.1, 0.15) is 0 Å². The van der Waals surface area contributed by atoms with E-state index in [1.165, 1.54) is 0 Å². The zero-order valence-electron chi connectivity index (χ0n) is 9.02. The summed E-state index contributed by atoms with van der Waals surface area (Å²) >= 11 is 0. The third-order valence-corrected chi connectivity index (χ3v) is 2.87. The van der Waals surface area contributed by atoms with E-state index in [2.05, 4.69) is 15.0 Å². The van der Waals surface area contributed by atoms with E-state index in [1.54, 1.807) is 0 Å². The first-order chi connectivity index (χ1) is 7.33. The fourth-order valence-electron chi connectivity index (χ4n) is 1.99. The van der Waals surface area contributed by atoms with Crippen molar-refractivity contribution in [2.75, 3.05) is 13.2 Å². The van der Waals surface area contributed by atoms with Gasteiger partial charge in [-0.05, 0) is 19.4 Å². The lowest BCUT2D eigenvalue weighted by Gasteiger charge is -2.20. The summed E-state index contributed by atoms with van der Waals surface area (Å²) in [5, 5.41) is 13.1. The van der Waals surface area contributed by atoms with E-state index < -0.39 is 0 Å². The van der Waals surface area contributed by atoms with Crippen molar-refractivity contribution in [3.8, 4) is 0 Å². The maximum absolute atomic E-state index is 9.16. The van der Waals surface area contributed by atoms with E-state index in [4.69, 9.17) is 9.63 Å². The van der Waals surface area contributed by atoms with Gasteiger partial charge < -0.3 is 9.63 Å². The molecular weight excluding hydrogens is 194 g/mol. The summed E-state index contributed by atoms with van der Waals surface area (Å²) < 4.78 is 5.04. The Bertz CT molecular complexity index is 313. The molecule has 1 N–H and O–H groups in total. The van der Waals surface area contributed by atoms with Crippen LogP contribution >= 0.6 is 0 Å². The first kappa shape index (κ1) is 10.6. The summed E-state index contributed by atoms with van der Waals surface area (Å²) in [6.45, 7) is 3.91. The molecule has 0 unspecified atom stereocenters. The Kier molecular flexibility index (Phi) is 3.33. The van der Waals surface area contributed by atoms with Crippen LogP contribution in [0.4, 0.5) is 0 Å². The van der Waals surface area contributed by atoms with Gasteiger partial charge in [-0.1, -0.05) is 12.1 Å². The van der Waals surface area contributed by atoms with Crippen molar-refractivity contribution >= 4 is 0 Å². The predicted molar refractivity (Wildman–Crippen MR) is 54.2 cm³/mol. The summed E-state index contributed by atoms with van der Waals surface area (Å²) in [5.74, 6) is 1.41. The molecule has 1 fully saturated rings. The van der Waals surface area contributed by atoms with Crippen molar-refractivity contribution in [3.63, 3.8) is 0 Å². The third-order valence-electron chi connectivity index (χ3n) is 2.87. The molecule has 0 spiro atoms. The fraction of sp³-hybridized carbons (Fsp3) is 0.800. The number of aliphatic hydroxyl groups is 1. The summed E-state index contributed by atoms with van der Waals surface area (Å²) in [6, 6.07) is 0.272. The fourth-order valence-corrected chi connectivity index (χ4v) is 1.99. The van der Waals surface area contributed by atoms with Gasteiger partial charge in [0.25, 0.3) is 0 Å². The highest BCUT2D eigenvalue weighted by atomic mass is 16.5. The second-order valence-electron chi connectivity index (χ2n) is 3.91. The summed E-state index contributed by atoms with van der Waals surface area (Å²) in [7, 11) is 0. The number of rotatable bonds is 4. The number of aromatic nitrogens is 2. The van der Waals surface area contributed by atoms with Gasteiger partial charge >= 0.3 is 0 Å². The van der Waals surface area contributed by atoms with Gasteiger partial charge in [0.05, 0.1) is 13.2 Å². The molecule has 15 heavy (non-hydrogen) atoms. The molecule has 2 rings (SSSR count). The molecule has 0 aliphatic carbocycles. The monoisotopic (exact) mass is 211 g/mol. The quantitative estimate of drug-likeness (QED) is 0.789. The normalized spacial score (nSPS) is 22.4. The molecule has 1 saturated heterocycles. The molecule has 5 heteroatoms. The molecule has 0 bridgehead atoms. The first-order valence-corrected chi connectivity index (χ1v) is 5.50. The standard InChI is InChI=1S/C10H17N3O2/c1-2-10-11-9(12-15-10)6-13-5-3-4-8(13)7-14/h8,14H,2-7H2,1H3/t8-/m0/s1. The lowest BCUT2D eigenvalue weighted by molar-refractivity contribution is 0.150. The number of hydrogen-bond acceptors (Lipinski definition) is 5. The summed E-state index contributed by atoms with van der Waals surface area (Å²) in [4.78, 5) is 6.47. The molecule has 1 aliphatic heterocycles. The molecule has 0 aromatic carbocycles. The smallest absolute Gasteiger partial charge is 0.226 e. The number of aliphatic hydroxyl groups excluding tert-OH is 1. The van der Waals surface area contributed by atoms with Crippen molar-refractivity contribution in [1.82, 2.24) is 15.0 Å². The van der Waals surface area contributed by atoms with Crippen LogP contribution in [0, 0.1) is 0 Å². The van der Waals surface area contributed by atoms with E-state index in [0.717, 1.165) is 31.6 Å². The molecule has 1 aromatic heterocycles. The molecule has 5 nitrogen and oxygen atoms in total. The molecular formula is C10H17N3O2. The van der Waals surface area contributed by atoms with E-state index in [0.29, 0.717) is 12.4 Å². The highest BCUT2D eigenvalue weighted by Crippen LogP contribution is 2.18. The molecule has 1 atom stereocenters. The Balaban J connectivity index is 1.95. The average Bonchev–Trinajstić information content (AvgIpc) is 2.87. The minimum atomic E-state index is 0.221. The van der Waals surface area contributed by atoms with Crippen LogP contribution in [0.25, 0.3) is 0 Å². The zero-order chi connectivity index (χ0) is 10.7. The minimum absolute atomic E-state index is 0.221. The van der Waals surface area contributed by atoms with Gasteiger partial charge in [-0.3, -0.25) is 4.90 Å². The van der Waals surface area contributed by atoms with Gasteiger partial charge in [0, 0.05) is 12.5 Å². The van der Waals surface area contributed by atoms with E-state index >= 15 is 0 Å². The van der Waals surface area contributed by atoms with Crippen LogP contribution in [0.15, 0.2) is 4.52 Å². The maximum atomic E-state index is 9.16. The topological polar surface area (TPSA) is 62.4 Å². The van der Waals surface area contributed by atoms with Gasteiger partial charge in [0.15, 0.2) is 5.82 Å². The van der Waals surface area contributed by atoms with Crippen molar-refractivity contribution in [1.29, 1.82) is 0 Å². The van der Waals surface area contributed by atoms with Crippen LogP contribution in [0.3, 0.4) is 0 Å². The Morgan fingerprint density at radius 1 is 1.60 bits per heavy atom. The molecule has 1 aliphatic rings. The SMILES string of the molecule is CCc1nc(CN2CCC[C@H]2CO)no1. The van der Waals surface area contributed by atoms with Crippen LogP contribution in [-0.4, -0.2) is 39.3 Å². The maximum Gasteiger partial charge on any atom is 0.226 e. The average molecular weight is 211 g/mol. The Hall–Kier alpha value is -0.940. The number of likely N-dealkylation sites (tertiary alicyclic amines) is 1. The van der Waals surface area contributed by atoms with Crippen molar-refractivity contribution in [3.05, 3.63) is 11.7 Å². The van der Waals surface area contributed by atoms with Crippen molar-refractivity contribution < 1.29 is 9.63 Å². The van der Waals surface area contributed by atoms with E-state index in [-0.39, 0.29) is 12.6 Å². The largest absolute Gasteiger partial charge is 0.395 e. The van der Waals surface area contributed by atoms with E-state index in [9.17, 15) is 0 Å². The number of hydrogen-bond donors (Lipinski definition) is 1. The Morgan fingerprint density at radius 2 is 2.47 bits per heavy atom. The number of nitrogens with zero attached hydrogens (tertiary/aromatic N) is 3. The second-order valence-corrected chi connectivity index (χ2v) is 3.91. The second kappa shape index (κ2) is 4.72. The van der Waals surface area contributed by atoms with Crippen LogP contribution in [0.1, 0.15) is 31.5 Å². The van der Waals surface area contributed by atoms with Crippen LogP contribution in [-0.2, 0) is 13.0 Å². The molecule has 2 heterocycles. The van der Waals surface area contributed by atoms with Crippen molar-refractivity contribution in [2.24, 2.45) is 0 Å². The predicted octanol–water partition coefficient (Wildman–Crippen LogP) is 0.589. The molecule has 1 aromatic rings. The highest BCUT2D eigenvalue weighted by Gasteiger charge is 2.24. The summed E-state index contributed by atoms with van der Waals surface area (Å²) in [5.41, 5.74) is 0. The zero-order valence-corrected chi connectivity index (χ0v) is 9.02. The van der Waals surface area contributed by atoms with Crippen molar-refractivity contribution in [2.45, 2.75) is 38.8 Å². The minimum Gasteiger partial charge on any atom is -0.395 e. The van der Waals surface area contributed by atoms with E-state index in [1.807, 2.05) is 6.92 Å². The molecule has 0 radical (unpaired) electrons. The lowest BCUT2D eigenvalue weighted by atomic mass is 10.2. The van der Waals surface area contributed by atoms with Crippen LogP contribution in [0.5, 0.6) is 0 Å². The van der Waals surface area contributed by atoms with Gasteiger partial charge in [-0.15, -0.1) is 0 Å². The number of aryl methyl sites for hydroxylation is 1. The molecule has 84 valence electrons. The molecule has 0 saturated carbocycles. The van der Waals surface area contributed by atoms with Crippen LogP contribution in [0.2, 0.25) is 0 Å². The highest BCUT2D eigenvalue weighted by molar-refractivity contribution is 4.89. The Labute approximate surface area is 89.1 Å². The van der Waals surface area contributed by atoms with Crippen LogP contribution < -0.4 is 0 Å². The third kappa shape index (κ3) is 2.35. The summed E-state index contributed by atoms with van der Waals surface area (Å²) in [6.07, 6.45) is 2.98. The first-order valence-electron chi connectivity index (χ1n) is 5.50. The van der Waals surface area contributed by atoms with Gasteiger partial charge in [-0.25, -0.2) is 0 Å². The molecule has 0 amide bonds. The van der Waals surface area contributed by atoms with Gasteiger partial charge in [-0.2, -0.15) is 4.98 Å².